The number of furan rings is 1. The number of carbonyl (C=O) groups excluding carboxylic acids is 1. The predicted molar refractivity (Wildman–Crippen MR) is 118 cm³/mol. The number of hydrogen-bond donors (Lipinski definition) is 3. The SMILES string of the molecule is Cc1ccc(Nc2cc(Nc3ccc(NC(=O)c4ccco4)cc3)nc(C)n2)cc1. The molecule has 30 heavy (non-hydrogen) atoms. The van der Waals surface area contributed by atoms with Gasteiger partial charge in [-0.15, -0.1) is 0 Å². The third-order valence-electron chi connectivity index (χ3n) is 4.32. The van der Waals surface area contributed by atoms with Gasteiger partial charge in [0, 0.05) is 23.1 Å². The number of rotatable bonds is 6. The maximum absolute atomic E-state index is 12.1. The van der Waals surface area contributed by atoms with Gasteiger partial charge in [0.15, 0.2) is 5.76 Å². The van der Waals surface area contributed by atoms with Gasteiger partial charge >= 0.3 is 0 Å². The molecule has 1 amide bonds. The standard InChI is InChI=1S/C23H21N5O2/c1-15-5-7-17(8-6-15)26-21-14-22(25-16(2)24-21)27-18-9-11-19(12-10-18)28-23(29)20-4-3-13-30-20/h3-14H,1-2H3,(H,28,29)(H2,24,25,26,27). The Morgan fingerprint density at radius 3 is 1.93 bits per heavy atom. The minimum atomic E-state index is -0.293. The van der Waals surface area contributed by atoms with Crippen molar-refractivity contribution in [2.45, 2.75) is 13.8 Å². The second kappa shape index (κ2) is 8.48. The molecule has 7 heteroatoms. The van der Waals surface area contributed by atoms with E-state index in [1.807, 2.05) is 68.4 Å². The van der Waals surface area contributed by atoms with Crippen LogP contribution in [0.4, 0.5) is 28.7 Å². The molecule has 0 aliphatic heterocycles. The van der Waals surface area contributed by atoms with Gasteiger partial charge in [-0.25, -0.2) is 9.97 Å². The summed E-state index contributed by atoms with van der Waals surface area (Å²) in [4.78, 5) is 20.9. The summed E-state index contributed by atoms with van der Waals surface area (Å²) in [7, 11) is 0. The molecule has 4 rings (SSSR count). The Hall–Kier alpha value is -4.13. The van der Waals surface area contributed by atoms with E-state index >= 15 is 0 Å². The molecule has 0 fully saturated rings. The summed E-state index contributed by atoms with van der Waals surface area (Å²) >= 11 is 0. The molecule has 2 aromatic heterocycles. The first-order valence-corrected chi connectivity index (χ1v) is 9.46. The molecule has 0 aliphatic rings. The summed E-state index contributed by atoms with van der Waals surface area (Å²) < 4.78 is 5.10. The lowest BCUT2D eigenvalue weighted by Gasteiger charge is -2.11. The van der Waals surface area contributed by atoms with Crippen LogP contribution < -0.4 is 16.0 Å². The minimum absolute atomic E-state index is 0.266. The highest BCUT2D eigenvalue weighted by molar-refractivity contribution is 6.02. The predicted octanol–water partition coefficient (Wildman–Crippen LogP) is 5.43. The number of benzene rings is 2. The summed E-state index contributed by atoms with van der Waals surface area (Å²) in [5.41, 5.74) is 3.67. The fourth-order valence-electron chi connectivity index (χ4n) is 2.87. The lowest BCUT2D eigenvalue weighted by atomic mass is 10.2. The highest BCUT2D eigenvalue weighted by Crippen LogP contribution is 2.22. The summed E-state index contributed by atoms with van der Waals surface area (Å²) in [6.45, 7) is 3.90. The van der Waals surface area contributed by atoms with Crippen molar-refractivity contribution in [3.8, 4) is 0 Å². The van der Waals surface area contributed by atoms with Crippen LogP contribution >= 0.6 is 0 Å². The van der Waals surface area contributed by atoms with Crippen LogP contribution in [0.3, 0.4) is 0 Å². The van der Waals surface area contributed by atoms with E-state index in [2.05, 4.69) is 25.9 Å². The molecule has 0 atom stereocenters. The van der Waals surface area contributed by atoms with E-state index in [9.17, 15) is 4.79 Å². The Kier molecular flexibility index (Phi) is 5.43. The molecule has 7 nitrogen and oxygen atoms in total. The molecule has 0 saturated carbocycles. The fourth-order valence-corrected chi connectivity index (χ4v) is 2.87. The molecular weight excluding hydrogens is 378 g/mol. The molecular formula is C23H21N5O2. The Balaban J connectivity index is 1.44. The monoisotopic (exact) mass is 399 g/mol. The van der Waals surface area contributed by atoms with Gasteiger partial charge in [-0.2, -0.15) is 0 Å². The lowest BCUT2D eigenvalue weighted by Crippen LogP contribution is -2.10. The first kappa shape index (κ1) is 19.2. The van der Waals surface area contributed by atoms with E-state index in [1.54, 1.807) is 12.1 Å². The molecule has 2 aromatic carbocycles. The maximum atomic E-state index is 12.1. The van der Waals surface area contributed by atoms with E-state index in [0.29, 0.717) is 23.1 Å². The van der Waals surface area contributed by atoms with Crippen LogP contribution in [0.15, 0.2) is 77.4 Å². The number of hydrogen-bond acceptors (Lipinski definition) is 6. The minimum Gasteiger partial charge on any atom is -0.459 e. The molecule has 2 heterocycles. The van der Waals surface area contributed by atoms with E-state index < -0.39 is 0 Å². The Bertz CT molecular complexity index is 1140. The van der Waals surface area contributed by atoms with E-state index in [0.717, 1.165) is 11.4 Å². The lowest BCUT2D eigenvalue weighted by molar-refractivity contribution is 0.0996. The molecule has 0 unspecified atom stereocenters. The fraction of sp³-hybridized carbons (Fsp3) is 0.0870. The number of aryl methyl sites for hydroxylation is 2. The summed E-state index contributed by atoms with van der Waals surface area (Å²) in [6.07, 6.45) is 1.47. The highest BCUT2D eigenvalue weighted by Gasteiger charge is 2.09. The zero-order valence-corrected chi connectivity index (χ0v) is 16.6. The third kappa shape index (κ3) is 4.82. The summed E-state index contributed by atoms with van der Waals surface area (Å²) in [5, 5.41) is 9.35. The second-order valence-corrected chi connectivity index (χ2v) is 6.81. The van der Waals surface area contributed by atoms with E-state index in [1.165, 1.54) is 11.8 Å². The average Bonchev–Trinajstić information content (AvgIpc) is 3.26. The van der Waals surface area contributed by atoms with Crippen molar-refractivity contribution in [2.24, 2.45) is 0 Å². The van der Waals surface area contributed by atoms with Crippen molar-refractivity contribution < 1.29 is 9.21 Å². The van der Waals surface area contributed by atoms with Gasteiger partial charge in [0.1, 0.15) is 17.5 Å². The Morgan fingerprint density at radius 2 is 1.37 bits per heavy atom. The van der Waals surface area contributed by atoms with Gasteiger partial charge in [0.05, 0.1) is 6.26 Å². The summed E-state index contributed by atoms with van der Waals surface area (Å²) in [5.74, 6) is 2.00. The van der Waals surface area contributed by atoms with Crippen LogP contribution in [0.1, 0.15) is 21.9 Å². The van der Waals surface area contributed by atoms with Crippen LogP contribution in [0, 0.1) is 13.8 Å². The largest absolute Gasteiger partial charge is 0.459 e. The Morgan fingerprint density at radius 1 is 0.800 bits per heavy atom. The molecule has 0 radical (unpaired) electrons. The van der Waals surface area contributed by atoms with Crippen LogP contribution in [0.25, 0.3) is 0 Å². The number of anilines is 5. The number of aromatic nitrogens is 2. The number of amides is 1. The van der Waals surface area contributed by atoms with Crippen LogP contribution in [-0.4, -0.2) is 15.9 Å². The average molecular weight is 399 g/mol. The third-order valence-corrected chi connectivity index (χ3v) is 4.32. The quantitative estimate of drug-likeness (QED) is 0.401. The molecule has 0 bridgehead atoms. The van der Waals surface area contributed by atoms with Crippen molar-refractivity contribution in [3.05, 3.63) is 90.1 Å². The van der Waals surface area contributed by atoms with Crippen LogP contribution in [0.2, 0.25) is 0 Å². The van der Waals surface area contributed by atoms with Crippen molar-refractivity contribution in [3.63, 3.8) is 0 Å². The van der Waals surface area contributed by atoms with Crippen LogP contribution in [0.5, 0.6) is 0 Å². The van der Waals surface area contributed by atoms with Gasteiger partial charge in [-0.3, -0.25) is 4.79 Å². The molecule has 0 aliphatic carbocycles. The Labute approximate surface area is 174 Å². The topological polar surface area (TPSA) is 92.1 Å². The zero-order chi connectivity index (χ0) is 20.9. The van der Waals surface area contributed by atoms with Gasteiger partial charge in [0.25, 0.3) is 5.91 Å². The number of nitrogens with one attached hydrogen (secondary N) is 3. The summed E-state index contributed by atoms with van der Waals surface area (Å²) in [6, 6.07) is 20.6. The smallest absolute Gasteiger partial charge is 0.291 e. The molecule has 4 aromatic rings. The van der Waals surface area contributed by atoms with Gasteiger partial charge in [-0.1, -0.05) is 17.7 Å². The molecule has 0 spiro atoms. The molecule has 3 N–H and O–H groups in total. The van der Waals surface area contributed by atoms with Gasteiger partial charge in [0.2, 0.25) is 0 Å². The van der Waals surface area contributed by atoms with Crippen LogP contribution in [-0.2, 0) is 0 Å². The molecule has 150 valence electrons. The van der Waals surface area contributed by atoms with E-state index in [4.69, 9.17) is 4.42 Å². The van der Waals surface area contributed by atoms with Crippen molar-refractivity contribution >= 4 is 34.6 Å². The van der Waals surface area contributed by atoms with Crippen molar-refractivity contribution in [1.29, 1.82) is 0 Å². The van der Waals surface area contributed by atoms with Crippen molar-refractivity contribution in [1.82, 2.24) is 9.97 Å². The van der Waals surface area contributed by atoms with Crippen molar-refractivity contribution in [2.75, 3.05) is 16.0 Å². The zero-order valence-electron chi connectivity index (χ0n) is 16.6. The second-order valence-electron chi connectivity index (χ2n) is 6.81. The molecule has 0 saturated heterocycles. The van der Waals surface area contributed by atoms with E-state index in [-0.39, 0.29) is 11.7 Å². The first-order chi connectivity index (χ1) is 14.5. The first-order valence-electron chi connectivity index (χ1n) is 9.46. The normalized spacial score (nSPS) is 10.5. The van der Waals surface area contributed by atoms with Gasteiger partial charge in [-0.05, 0) is 62.4 Å². The number of nitrogens with zero attached hydrogens (tertiary/aromatic N) is 2. The number of carbonyl (C=O) groups is 1. The highest BCUT2D eigenvalue weighted by atomic mass is 16.3. The maximum Gasteiger partial charge on any atom is 0.291 e. The van der Waals surface area contributed by atoms with Gasteiger partial charge < -0.3 is 20.4 Å².